The molecule has 0 bridgehead atoms. The topological polar surface area (TPSA) is 79.9 Å². The molecule has 0 aromatic carbocycles. The summed E-state index contributed by atoms with van der Waals surface area (Å²) in [5.41, 5.74) is -1.03. The molecule has 0 unspecified atom stereocenters. The van der Waals surface area contributed by atoms with Crippen LogP contribution >= 0.6 is 0 Å². The van der Waals surface area contributed by atoms with E-state index in [0.717, 1.165) is 0 Å². The average Bonchev–Trinajstić information content (AvgIpc) is 2.09. The van der Waals surface area contributed by atoms with E-state index in [1.54, 1.807) is 0 Å². The monoisotopic (exact) mass is 209 g/mol. The van der Waals surface area contributed by atoms with Crippen LogP contribution in [0.25, 0.3) is 0 Å². The molecular weight excluding hydrogens is 198 g/mol. The van der Waals surface area contributed by atoms with Gasteiger partial charge in [-0.25, -0.2) is 4.79 Å². The third-order valence-electron chi connectivity index (χ3n) is 1.85. The quantitative estimate of drug-likeness (QED) is 0.725. The zero-order chi connectivity index (χ0) is 11.6. The van der Waals surface area contributed by atoms with Gasteiger partial charge in [0.05, 0.1) is 0 Å². The van der Waals surface area contributed by atoms with Crippen LogP contribution in [0, 0.1) is 6.92 Å². The molecule has 1 N–H and O–H groups in total. The molecule has 1 rings (SSSR count). The Morgan fingerprint density at radius 1 is 1.53 bits per heavy atom. The van der Waals surface area contributed by atoms with E-state index >= 15 is 0 Å². The van der Waals surface area contributed by atoms with Gasteiger partial charge in [-0.05, 0) is 6.92 Å². The van der Waals surface area contributed by atoms with Crippen LogP contribution in [0.2, 0.25) is 0 Å². The number of carbonyl (C=O) groups excluding carboxylic acids is 1. The minimum absolute atomic E-state index is 0.0822. The molecule has 1 aromatic rings. The van der Waals surface area contributed by atoms with Crippen molar-refractivity contribution in [3.8, 4) is 5.75 Å². The fourth-order valence-electron chi connectivity index (χ4n) is 1.26. The highest BCUT2D eigenvalue weighted by atomic mass is 16.4. The van der Waals surface area contributed by atoms with E-state index in [1.807, 2.05) is 0 Å². The number of aryl methyl sites for hydroxylation is 1. The van der Waals surface area contributed by atoms with E-state index in [-0.39, 0.29) is 22.8 Å². The maximum atomic E-state index is 11.4. The van der Waals surface area contributed by atoms with Gasteiger partial charge in [0.25, 0.3) is 0 Å². The lowest BCUT2D eigenvalue weighted by Gasteiger charge is -2.03. The second-order valence-electron chi connectivity index (χ2n) is 3.03. The van der Waals surface area contributed by atoms with Gasteiger partial charge in [0, 0.05) is 20.0 Å². The predicted octanol–water partition coefficient (Wildman–Crippen LogP) is 0.662. The van der Waals surface area contributed by atoms with Crippen LogP contribution in [-0.4, -0.2) is 23.6 Å². The number of Topliss-reactive ketones (excluding diaryl/α,β-unsaturated/α-hetero) is 1. The van der Waals surface area contributed by atoms with Crippen molar-refractivity contribution in [1.82, 2.24) is 0 Å². The number of ketones is 1. The van der Waals surface area contributed by atoms with E-state index in [1.165, 1.54) is 27.0 Å². The predicted molar refractivity (Wildman–Crippen MR) is 54.5 cm³/mol. The molecule has 0 radical (unpaired) electrons. The number of hydrogen-bond acceptors (Lipinski definition) is 5. The Balaban J connectivity index is 3.51. The van der Waals surface area contributed by atoms with E-state index in [0.29, 0.717) is 0 Å². The second kappa shape index (κ2) is 4.08. The van der Waals surface area contributed by atoms with Crippen LogP contribution in [0.5, 0.6) is 5.75 Å². The first-order chi connectivity index (χ1) is 6.97. The molecule has 5 heteroatoms. The Bertz CT molecular complexity index is 485. The van der Waals surface area contributed by atoms with E-state index in [9.17, 15) is 14.7 Å². The van der Waals surface area contributed by atoms with Crippen molar-refractivity contribution in [2.75, 3.05) is 7.05 Å². The van der Waals surface area contributed by atoms with E-state index in [2.05, 4.69) is 4.99 Å². The number of nitrogens with zero attached hydrogens (tertiary/aromatic N) is 1. The first-order valence-corrected chi connectivity index (χ1v) is 4.29. The summed E-state index contributed by atoms with van der Waals surface area (Å²) < 4.78 is 4.77. The minimum Gasteiger partial charge on any atom is -0.507 e. The largest absolute Gasteiger partial charge is 0.507 e. The third-order valence-corrected chi connectivity index (χ3v) is 1.85. The zero-order valence-electron chi connectivity index (χ0n) is 8.70. The van der Waals surface area contributed by atoms with Crippen LogP contribution in [0.15, 0.2) is 20.3 Å². The lowest BCUT2D eigenvalue weighted by molar-refractivity contribution is -0.111. The third kappa shape index (κ3) is 2.12. The van der Waals surface area contributed by atoms with Crippen molar-refractivity contribution in [3.63, 3.8) is 0 Å². The molecule has 0 aliphatic rings. The normalized spacial score (nSPS) is 11.5. The molecular formula is C10H11NO4. The summed E-state index contributed by atoms with van der Waals surface area (Å²) >= 11 is 0. The summed E-state index contributed by atoms with van der Waals surface area (Å²) in [6.45, 7) is 2.79. The van der Waals surface area contributed by atoms with Gasteiger partial charge < -0.3 is 9.52 Å². The Kier molecular flexibility index (Phi) is 3.04. The molecule has 5 nitrogen and oxygen atoms in total. The van der Waals surface area contributed by atoms with Gasteiger partial charge in [-0.3, -0.25) is 9.79 Å². The molecule has 0 amide bonds. The molecule has 0 spiro atoms. The zero-order valence-corrected chi connectivity index (χ0v) is 8.70. The number of carbonyl (C=O) groups is 1. The molecule has 0 fully saturated rings. The molecule has 0 aliphatic carbocycles. The van der Waals surface area contributed by atoms with Crippen LogP contribution in [0.1, 0.15) is 18.2 Å². The Hall–Kier alpha value is -1.91. The molecule has 1 aromatic heterocycles. The molecule has 0 saturated carbocycles. The maximum Gasteiger partial charge on any atom is 0.349 e. The van der Waals surface area contributed by atoms with Gasteiger partial charge in [0.1, 0.15) is 22.8 Å². The van der Waals surface area contributed by atoms with Gasteiger partial charge >= 0.3 is 5.63 Å². The summed E-state index contributed by atoms with van der Waals surface area (Å²) in [6.07, 6.45) is 0. The summed E-state index contributed by atoms with van der Waals surface area (Å²) in [5.74, 6) is -0.413. The highest BCUT2D eigenvalue weighted by Gasteiger charge is 2.18. The van der Waals surface area contributed by atoms with Gasteiger partial charge in [-0.1, -0.05) is 0 Å². The van der Waals surface area contributed by atoms with Crippen molar-refractivity contribution in [2.45, 2.75) is 13.8 Å². The summed E-state index contributed by atoms with van der Waals surface area (Å²) in [4.78, 5) is 26.2. The summed E-state index contributed by atoms with van der Waals surface area (Å²) in [7, 11) is 1.37. The Morgan fingerprint density at radius 2 is 2.13 bits per heavy atom. The van der Waals surface area contributed by atoms with Crippen molar-refractivity contribution in [3.05, 3.63) is 27.8 Å². The van der Waals surface area contributed by atoms with Crippen LogP contribution < -0.4 is 5.63 Å². The van der Waals surface area contributed by atoms with Gasteiger partial charge in [0.15, 0.2) is 5.78 Å². The van der Waals surface area contributed by atoms with Crippen molar-refractivity contribution in [1.29, 1.82) is 0 Å². The van der Waals surface area contributed by atoms with Crippen molar-refractivity contribution in [2.24, 2.45) is 4.99 Å². The van der Waals surface area contributed by atoms with E-state index < -0.39 is 11.4 Å². The highest BCUT2D eigenvalue weighted by Crippen LogP contribution is 2.15. The number of aromatic hydroxyl groups is 1. The Labute approximate surface area is 86.1 Å². The minimum atomic E-state index is -0.761. The second-order valence-corrected chi connectivity index (χ2v) is 3.03. The molecule has 0 aliphatic heterocycles. The first-order valence-electron chi connectivity index (χ1n) is 4.29. The highest BCUT2D eigenvalue weighted by molar-refractivity contribution is 6.45. The van der Waals surface area contributed by atoms with Crippen molar-refractivity contribution >= 4 is 11.5 Å². The standard InChI is InChI=1S/C10H11NO4/c1-5-4-7(13)8(10(14)15-5)9(11-3)6(2)12/h4,13H,1-3H3. The molecule has 0 saturated heterocycles. The number of rotatable bonds is 2. The molecule has 15 heavy (non-hydrogen) atoms. The SMILES string of the molecule is CN=C(C(C)=O)c1c(O)cc(C)oc1=O. The molecule has 80 valence electrons. The first kappa shape index (κ1) is 11.2. The fraction of sp³-hybridized carbons (Fsp3) is 0.300. The van der Waals surface area contributed by atoms with Crippen molar-refractivity contribution < 1.29 is 14.3 Å². The van der Waals surface area contributed by atoms with Crippen LogP contribution in [-0.2, 0) is 4.79 Å². The number of aliphatic imine (C=N–C) groups is 1. The van der Waals surface area contributed by atoms with Gasteiger partial charge in [-0.2, -0.15) is 0 Å². The average molecular weight is 209 g/mol. The Morgan fingerprint density at radius 3 is 2.53 bits per heavy atom. The lowest BCUT2D eigenvalue weighted by Crippen LogP contribution is -2.21. The lowest BCUT2D eigenvalue weighted by atomic mass is 10.1. The summed E-state index contributed by atoms with van der Waals surface area (Å²) in [6, 6.07) is 1.27. The molecule has 1 heterocycles. The van der Waals surface area contributed by atoms with Gasteiger partial charge in [0.2, 0.25) is 0 Å². The van der Waals surface area contributed by atoms with Crippen LogP contribution in [0.3, 0.4) is 0 Å². The number of hydrogen-bond donors (Lipinski definition) is 1. The van der Waals surface area contributed by atoms with Gasteiger partial charge in [-0.15, -0.1) is 0 Å². The van der Waals surface area contributed by atoms with E-state index in [4.69, 9.17) is 4.42 Å². The fourth-order valence-corrected chi connectivity index (χ4v) is 1.26. The smallest absolute Gasteiger partial charge is 0.349 e. The van der Waals surface area contributed by atoms with Crippen LogP contribution in [0.4, 0.5) is 0 Å². The maximum absolute atomic E-state index is 11.4. The summed E-state index contributed by atoms with van der Waals surface area (Å²) in [5, 5.41) is 9.53. The molecule has 0 atom stereocenters.